The summed E-state index contributed by atoms with van der Waals surface area (Å²) in [5.41, 5.74) is -0.846. The Kier molecular flexibility index (Phi) is 4.33. The highest BCUT2D eigenvalue weighted by atomic mass is 79.9. The summed E-state index contributed by atoms with van der Waals surface area (Å²) in [5.74, 6) is 0.102. The Labute approximate surface area is 163 Å². The molecule has 6 unspecified atom stereocenters. The molecule has 0 aromatic heterocycles. The van der Waals surface area contributed by atoms with Gasteiger partial charge in [-0.05, 0) is 67.9 Å². The van der Waals surface area contributed by atoms with Crippen LogP contribution in [0.3, 0.4) is 0 Å². The number of hydrogen-bond donors (Lipinski definition) is 2. The minimum atomic E-state index is -1.06. The van der Waals surface area contributed by atoms with Crippen LogP contribution >= 0.6 is 15.9 Å². The van der Waals surface area contributed by atoms with Gasteiger partial charge in [-0.2, -0.15) is 0 Å². The van der Waals surface area contributed by atoms with E-state index in [0.29, 0.717) is 24.6 Å². The van der Waals surface area contributed by atoms with Gasteiger partial charge in [0, 0.05) is 17.3 Å². The van der Waals surface area contributed by atoms with Crippen LogP contribution in [-0.4, -0.2) is 38.8 Å². The SMILES string of the molecule is CC12CCC(O)CC1C(=O)C=C1C2CCC2(C)C(C(=O)CBr)CC[C@@]12O. The van der Waals surface area contributed by atoms with Crippen molar-refractivity contribution in [2.45, 2.75) is 70.5 Å². The molecule has 144 valence electrons. The van der Waals surface area contributed by atoms with Gasteiger partial charge in [0.15, 0.2) is 5.78 Å². The molecule has 3 saturated carbocycles. The van der Waals surface area contributed by atoms with Crippen LogP contribution in [0.25, 0.3) is 0 Å². The molecular formula is C21H29BrO4. The third kappa shape index (κ3) is 2.26. The fourth-order valence-corrected chi connectivity index (χ4v) is 7.32. The summed E-state index contributed by atoms with van der Waals surface area (Å²) in [6, 6.07) is 0. The number of Topliss-reactive ketones (excluding diaryl/α,β-unsaturated/α-hetero) is 1. The summed E-state index contributed by atoms with van der Waals surface area (Å²) >= 11 is 3.30. The van der Waals surface area contributed by atoms with Crippen molar-refractivity contribution in [3.05, 3.63) is 11.6 Å². The quantitative estimate of drug-likeness (QED) is 0.667. The minimum absolute atomic E-state index is 0.0606. The molecule has 0 amide bonds. The molecule has 4 aliphatic carbocycles. The standard InChI is InChI=1S/C21H29BrO4/c1-19-6-3-12(23)9-16(19)17(24)10-15-13(19)4-7-20(2)14(18(25)11-22)5-8-21(15,20)26/h10,12-14,16,23,26H,3-9,11H2,1-2H3/t12?,13?,14?,16?,19?,20?,21-/m1/s1. The first-order valence-corrected chi connectivity index (χ1v) is 11.0. The highest BCUT2D eigenvalue weighted by Gasteiger charge is 2.66. The van der Waals surface area contributed by atoms with Gasteiger partial charge in [-0.15, -0.1) is 0 Å². The first-order chi connectivity index (χ1) is 12.2. The Morgan fingerprint density at radius 3 is 2.62 bits per heavy atom. The molecule has 7 atom stereocenters. The zero-order valence-corrected chi connectivity index (χ0v) is 17.2. The van der Waals surface area contributed by atoms with E-state index < -0.39 is 17.1 Å². The molecule has 4 nitrogen and oxygen atoms in total. The minimum Gasteiger partial charge on any atom is -0.393 e. The summed E-state index contributed by atoms with van der Waals surface area (Å²) < 4.78 is 0. The molecule has 0 heterocycles. The fourth-order valence-electron chi connectivity index (χ4n) is 6.93. The van der Waals surface area contributed by atoms with Crippen molar-refractivity contribution in [1.29, 1.82) is 0 Å². The van der Waals surface area contributed by atoms with Crippen LogP contribution in [0, 0.1) is 28.6 Å². The van der Waals surface area contributed by atoms with Gasteiger partial charge < -0.3 is 10.2 Å². The lowest BCUT2D eigenvalue weighted by Crippen LogP contribution is -2.59. The maximum atomic E-state index is 13.0. The van der Waals surface area contributed by atoms with E-state index in [0.717, 1.165) is 31.3 Å². The molecule has 0 spiro atoms. The zero-order valence-electron chi connectivity index (χ0n) is 15.6. The highest BCUT2D eigenvalue weighted by Crippen LogP contribution is 2.67. The molecule has 0 aromatic rings. The Morgan fingerprint density at radius 2 is 1.92 bits per heavy atom. The summed E-state index contributed by atoms with van der Waals surface area (Å²) in [6.07, 6.45) is 6.37. The van der Waals surface area contributed by atoms with Gasteiger partial charge in [0.1, 0.15) is 5.78 Å². The van der Waals surface area contributed by atoms with Crippen molar-refractivity contribution in [1.82, 2.24) is 0 Å². The lowest BCUT2D eigenvalue weighted by atomic mass is 9.46. The van der Waals surface area contributed by atoms with E-state index >= 15 is 0 Å². The van der Waals surface area contributed by atoms with Gasteiger partial charge in [-0.1, -0.05) is 29.8 Å². The van der Waals surface area contributed by atoms with Crippen molar-refractivity contribution in [2.75, 3.05) is 5.33 Å². The summed E-state index contributed by atoms with van der Waals surface area (Å²) in [4.78, 5) is 25.5. The van der Waals surface area contributed by atoms with Crippen LogP contribution in [0.1, 0.15) is 58.8 Å². The predicted molar refractivity (Wildman–Crippen MR) is 102 cm³/mol. The average molecular weight is 425 g/mol. The molecule has 26 heavy (non-hydrogen) atoms. The zero-order chi connectivity index (χ0) is 18.9. The number of fused-ring (bicyclic) bond motifs is 5. The van der Waals surface area contributed by atoms with Gasteiger partial charge in [0.25, 0.3) is 0 Å². The van der Waals surface area contributed by atoms with Crippen LogP contribution in [0.4, 0.5) is 0 Å². The monoisotopic (exact) mass is 424 g/mol. The van der Waals surface area contributed by atoms with Crippen molar-refractivity contribution < 1.29 is 19.8 Å². The van der Waals surface area contributed by atoms with Crippen molar-refractivity contribution in [3.63, 3.8) is 0 Å². The molecule has 3 fully saturated rings. The number of aliphatic hydroxyl groups is 2. The number of hydrogen-bond acceptors (Lipinski definition) is 4. The molecule has 5 heteroatoms. The predicted octanol–water partition coefficient (Wildman–Crippen LogP) is 3.18. The van der Waals surface area contributed by atoms with Crippen LogP contribution < -0.4 is 0 Å². The topological polar surface area (TPSA) is 74.6 Å². The normalized spacial score (nSPS) is 50.5. The van der Waals surface area contributed by atoms with E-state index in [1.807, 2.05) is 6.92 Å². The van der Waals surface area contributed by atoms with Crippen molar-refractivity contribution in [2.24, 2.45) is 28.6 Å². The third-order valence-corrected chi connectivity index (χ3v) is 9.14. The number of allylic oxidation sites excluding steroid dienone is 1. The van der Waals surface area contributed by atoms with Crippen molar-refractivity contribution >= 4 is 27.5 Å². The van der Waals surface area contributed by atoms with Crippen LogP contribution in [0.2, 0.25) is 0 Å². The Hall–Kier alpha value is -0.520. The average Bonchev–Trinajstić information content (AvgIpc) is 2.88. The number of ketones is 2. The molecular weight excluding hydrogens is 396 g/mol. The maximum Gasteiger partial charge on any atom is 0.159 e. The lowest BCUT2D eigenvalue weighted by Gasteiger charge is -2.59. The summed E-state index contributed by atoms with van der Waals surface area (Å²) in [5, 5.41) is 22.2. The van der Waals surface area contributed by atoms with E-state index in [4.69, 9.17) is 0 Å². The van der Waals surface area contributed by atoms with Crippen molar-refractivity contribution in [3.8, 4) is 0 Å². The molecule has 2 N–H and O–H groups in total. The van der Waals surface area contributed by atoms with Crippen LogP contribution in [-0.2, 0) is 9.59 Å². The number of aliphatic hydroxyl groups excluding tert-OH is 1. The van der Waals surface area contributed by atoms with Gasteiger partial charge in [-0.3, -0.25) is 9.59 Å². The largest absolute Gasteiger partial charge is 0.393 e. The second-order valence-electron chi connectivity index (χ2n) is 9.55. The number of carbonyl (C=O) groups excluding carboxylic acids is 2. The van der Waals surface area contributed by atoms with Gasteiger partial charge in [0.2, 0.25) is 0 Å². The molecule has 4 aliphatic rings. The smallest absolute Gasteiger partial charge is 0.159 e. The van der Waals surface area contributed by atoms with E-state index in [-0.39, 0.29) is 34.7 Å². The van der Waals surface area contributed by atoms with E-state index in [2.05, 4.69) is 22.9 Å². The molecule has 0 aromatic carbocycles. The van der Waals surface area contributed by atoms with E-state index in [1.165, 1.54) is 0 Å². The molecule has 0 bridgehead atoms. The van der Waals surface area contributed by atoms with E-state index in [1.54, 1.807) is 6.08 Å². The first kappa shape index (κ1) is 18.8. The number of halogens is 1. The Bertz CT molecular complexity index is 687. The summed E-state index contributed by atoms with van der Waals surface area (Å²) in [7, 11) is 0. The second kappa shape index (κ2) is 5.99. The van der Waals surface area contributed by atoms with Crippen LogP contribution in [0.5, 0.6) is 0 Å². The molecule has 4 rings (SSSR count). The first-order valence-electron chi connectivity index (χ1n) is 9.92. The number of carbonyl (C=O) groups is 2. The Balaban J connectivity index is 1.77. The van der Waals surface area contributed by atoms with Gasteiger partial charge in [-0.25, -0.2) is 0 Å². The molecule has 0 radical (unpaired) electrons. The number of alkyl halides is 1. The van der Waals surface area contributed by atoms with Gasteiger partial charge >= 0.3 is 0 Å². The maximum absolute atomic E-state index is 13.0. The number of rotatable bonds is 2. The summed E-state index contributed by atoms with van der Waals surface area (Å²) in [6.45, 7) is 4.23. The third-order valence-electron chi connectivity index (χ3n) is 8.59. The lowest BCUT2D eigenvalue weighted by molar-refractivity contribution is -0.143. The van der Waals surface area contributed by atoms with E-state index in [9.17, 15) is 19.8 Å². The highest BCUT2D eigenvalue weighted by molar-refractivity contribution is 9.09. The second-order valence-corrected chi connectivity index (χ2v) is 10.1. The van der Waals surface area contributed by atoms with Crippen LogP contribution in [0.15, 0.2) is 11.6 Å². The Morgan fingerprint density at radius 1 is 1.19 bits per heavy atom. The van der Waals surface area contributed by atoms with Gasteiger partial charge in [0.05, 0.1) is 17.0 Å². The molecule has 0 aliphatic heterocycles. The fraction of sp³-hybridized carbons (Fsp3) is 0.810. The molecule has 0 saturated heterocycles.